The molecule has 2 rings (SSSR count). The van der Waals surface area contributed by atoms with E-state index in [-0.39, 0.29) is 0 Å². The number of hydrogen-bond acceptors (Lipinski definition) is 2. The molecular formula is C16H20N2. The van der Waals surface area contributed by atoms with E-state index in [4.69, 9.17) is 5.73 Å². The highest BCUT2D eigenvalue weighted by Crippen LogP contribution is 2.22. The van der Waals surface area contributed by atoms with Crippen LogP contribution in [0, 0.1) is 6.92 Å². The third-order valence-electron chi connectivity index (χ3n) is 3.05. The Balaban J connectivity index is 2.21. The van der Waals surface area contributed by atoms with E-state index in [1.807, 2.05) is 18.5 Å². The number of nitrogens with two attached hydrogens (primary N) is 1. The molecule has 0 saturated carbocycles. The third-order valence-corrected chi connectivity index (χ3v) is 3.05. The van der Waals surface area contributed by atoms with E-state index in [9.17, 15) is 0 Å². The van der Waals surface area contributed by atoms with Crippen LogP contribution in [0.15, 0.2) is 42.7 Å². The first-order valence-corrected chi connectivity index (χ1v) is 6.50. The maximum absolute atomic E-state index is 5.54. The fraction of sp³-hybridized carbons (Fsp3) is 0.312. The topological polar surface area (TPSA) is 38.9 Å². The van der Waals surface area contributed by atoms with E-state index in [1.165, 1.54) is 22.3 Å². The average molecular weight is 240 g/mol. The van der Waals surface area contributed by atoms with E-state index in [1.54, 1.807) is 0 Å². The molecule has 0 aliphatic rings. The maximum atomic E-state index is 5.54. The lowest BCUT2D eigenvalue weighted by Gasteiger charge is -2.07. The summed E-state index contributed by atoms with van der Waals surface area (Å²) in [5.41, 5.74) is 10.7. The summed E-state index contributed by atoms with van der Waals surface area (Å²) in [5.74, 6) is 0. The van der Waals surface area contributed by atoms with Crippen molar-refractivity contribution in [3.05, 3.63) is 53.9 Å². The van der Waals surface area contributed by atoms with Crippen LogP contribution in [0.25, 0.3) is 11.1 Å². The minimum Gasteiger partial charge on any atom is -0.330 e. The molecule has 1 aromatic carbocycles. The SMILES string of the molecule is Cc1cc(CCCCN)cc(-c2cccnc2)c1. The second-order valence-corrected chi connectivity index (χ2v) is 4.69. The zero-order chi connectivity index (χ0) is 12.8. The lowest BCUT2D eigenvalue weighted by Crippen LogP contribution is -1.99. The van der Waals surface area contributed by atoms with Crippen LogP contribution in [-0.2, 0) is 6.42 Å². The van der Waals surface area contributed by atoms with Crippen molar-refractivity contribution in [2.24, 2.45) is 5.73 Å². The van der Waals surface area contributed by atoms with Gasteiger partial charge in [-0.05, 0) is 49.9 Å². The van der Waals surface area contributed by atoms with Crippen LogP contribution in [0.1, 0.15) is 24.0 Å². The highest BCUT2D eigenvalue weighted by Gasteiger charge is 2.01. The van der Waals surface area contributed by atoms with E-state index in [2.05, 4.69) is 36.2 Å². The highest BCUT2D eigenvalue weighted by molar-refractivity contribution is 5.64. The monoisotopic (exact) mass is 240 g/mol. The Hall–Kier alpha value is -1.67. The number of rotatable bonds is 5. The molecule has 0 saturated heterocycles. The number of nitrogens with zero attached hydrogens (tertiary/aromatic N) is 1. The molecule has 18 heavy (non-hydrogen) atoms. The second-order valence-electron chi connectivity index (χ2n) is 4.69. The van der Waals surface area contributed by atoms with Gasteiger partial charge in [0.05, 0.1) is 0 Å². The first-order chi connectivity index (χ1) is 8.79. The number of benzene rings is 1. The zero-order valence-corrected chi connectivity index (χ0v) is 10.9. The minimum absolute atomic E-state index is 0.779. The summed E-state index contributed by atoms with van der Waals surface area (Å²) in [7, 11) is 0. The van der Waals surface area contributed by atoms with Gasteiger partial charge in [-0.25, -0.2) is 0 Å². The van der Waals surface area contributed by atoms with Crippen molar-refractivity contribution in [3.63, 3.8) is 0 Å². The van der Waals surface area contributed by atoms with Crippen LogP contribution in [0.3, 0.4) is 0 Å². The molecule has 2 N–H and O–H groups in total. The molecule has 0 bridgehead atoms. The van der Waals surface area contributed by atoms with Crippen molar-refractivity contribution in [3.8, 4) is 11.1 Å². The Morgan fingerprint density at radius 1 is 1.11 bits per heavy atom. The smallest absolute Gasteiger partial charge is 0.0346 e. The summed E-state index contributed by atoms with van der Waals surface area (Å²) in [4.78, 5) is 4.18. The predicted molar refractivity (Wildman–Crippen MR) is 76.4 cm³/mol. The molecule has 0 spiro atoms. The van der Waals surface area contributed by atoms with Crippen LogP contribution in [0.2, 0.25) is 0 Å². The molecule has 0 amide bonds. The summed E-state index contributed by atoms with van der Waals surface area (Å²) in [6.45, 7) is 2.92. The van der Waals surface area contributed by atoms with Crippen LogP contribution < -0.4 is 5.73 Å². The van der Waals surface area contributed by atoms with Crippen LogP contribution in [0.5, 0.6) is 0 Å². The van der Waals surface area contributed by atoms with Crippen molar-refractivity contribution >= 4 is 0 Å². The number of unbranched alkanes of at least 4 members (excludes halogenated alkanes) is 1. The maximum Gasteiger partial charge on any atom is 0.0346 e. The quantitative estimate of drug-likeness (QED) is 0.814. The fourth-order valence-electron chi connectivity index (χ4n) is 2.18. The van der Waals surface area contributed by atoms with Gasteiger partial charge in [0.25, 0.3) is 0 Å². The Morgan fingerprint density at radius 2 is 2.00 bits per heavy atom. The second kappa shape index (κ2) is 6.31. The van der Waals surface area contributed by atoms with Gasteiger partial charge in [-0.15, -0.1) is 0 Å². The number of hydrogen-bond donors (Lipinski definition) is 1. The molecule has 0 radical (unpaired) electrons. The van der Waals surface area contributed by atoms with Crippen molar-refractivity contribution in [1.29, 1.82) is 0 Å². The summed E-state index contributed by atoms with van der Waals surface area (Å²) in [6, 6.07) is 10.8. The molecule has 0 unspecified atom stereocenters. The third kappa shape index (κ3) is 3.41. The first kappa shape index (κ1) is 12.8. The van der Waals surface area contributed by atoms with Crippen molar-refractivity contribution in [2.45, 2.75) is 26.2 Å². The molecule has 0 aliphatic heterocycles. The van der Waals surface area contributed by atoms with Crippen LogP contribution in [-0.4, -0.2) is 11.5 Å². The summed E-state index contributed by atoms with van der Waals surface area (Å²) in [5, 5.41) is 0. The largest absolute Gasteiger partial charge is 0.330 e. The predicted octanol–water partition coefficient (Wildman–Crippen LogP) is 3.34. The number of aryl methyl sites for hydroxylation is 2. The molecule has 0 aliphatic carbocycles. The summed E-state index contributed by atoms with van der Waals surface area (Å²) >= 11 is 0. The Bertz CT molecular complexity index is 492. The van der Waals surface area contributed by atoms with E-state index >= 15 is 0 Å². The zero-order valence-electron chi connectivity index (χ0n) is 10.9. The van der Waals surface area contributed by atoms with Gasteiger partial charge in [0.1, 0.15) is 0 Å². The number of aromatic nitrogens is 1. The fourth-order valence-corrected chi connectivity index (χ4v) is 2.18. The molecule has 1 heterocycles. The lowest BCUT2D eigenvalue weighted by atomic mass is 9.99. The van der Waals surface area contributed by atoms with E-state index in [0.717, 1.165) is 25.8 Å². The summed E-state index contributed by atoms with van der Waals surface area (Å²) < 4.78 is 0. The lowest BCUT2D eigenvalue weighted by molar-refractivity contribution is 0.744. The van der Waals surface area contributed by atoms with Crippen LogP contribution in [0.4, 0.5) is 0 Å². The molecular weight excluding hydrogens is 220 g/mol. The van der Waals surface area contributed by atoms with Gasteiger partial charge in [0, 0.05) is 18.0 Å². The minimum atomic E-state index is 0.779. The standard InChI is InChI=1S/C16H20N2/c1-13-9-14(5-2-3-7-17)11-16(10-13)15-6-4-8-18-12-15/h4,6,8-12H,2-3,5,7,17H2,1H3. The van der Waals surface area contributed by atoms with Crippen LogP contribution >= 0.6 is 0 Å². The molecule has 2 aromatic rings. The molecule has 2 heteroatoms. The van der Waals surface area contributed by atoms with Gasteiger partial charge in [0.15, 0.2) is 0 Å². The van der Waals surface area contributed by atoms with E-state index in [0.29, 0.717) is 0 Å². The van der Waals surface area contributed by atoms with Gasteiger partial charge < -0.3 is 5.73 Å². The van der Waals surface area contributed by atoms with Gasteiger partial charge in [-0.2, -0.15) is 0 Å². The number of pyridine rings is 1. The molecule has 0 fully saturated rings. The Labute approximate surface area is 109 Å². The van der Waals surface area contributed by atoms with Gasteiger partial charge >= 0.3 is 0 Å². The van der Waals surface area contributed by atoms with Crippen molar-refractivity contribution in [2.75, 3.05) is 6.54 Å². The van der Waals surface area contributed by atoms with E-state index < -0.39 is 0 Å². The molecule has 1 aromatic heterocycles. The van der Waals surface area contributed by atoms with Gasteiger partial charge in [0.2, 0.25) is 0 Å². The average Bonchev–Trinajstić information content (AvgIpc) is 2.39. The first-order valence-electron chi connectivity index (χ1n) is 6.50. The van der Waals surface area contributed by atoms with Gasteiger partial charge in [-0.1, -0.05) is 29.8 Å². The Kier molecular flexibility index (Phi) is 4.48. The summed E-state index contributed by atoms with van der Waals surface area (Å²) in [6.07, 6.45) is 7.08. The van der Waals surface area contributed by atoms with Crippen molar-refractivity contribution in [1.82, 2.24) is 4.98 Å². The van der Waals surface area contributed by atoms with Gasteiger partial charge in [-0.3, -0.25) is 4.98 Å². The molecule has 0 atom stereocenters. The van der Waals surface area contributed by atoms with Crippen molar-refractivity contribution < 1.29 is 0 Å². The highest BCUT2D eigenvalue weighted by atomic mass is 14.6. The normalized spacial score (nSPS) is 10.6. The molecule has 94 valence electrons. The Morgan fingerprint density at radius 3 is 2.72 bits per heavy atom. The molecule has 2 nitrogen and oxygen atoms in total.